The lowest BCUT2D eigenvalue weighted by molar-refractivity contribution is -0.166. The second-order valence-corrected chi connectivity index (χ2v) is 7.30. The molecule has 150 valence electrons. The Bertz CT molecular complexity index is 657. The third kappa shape index (κ3) is 7.21. The zero-order valence-electron chi connectivity index (χ0n) is 15.8. The normalized spacial score (nSPS) is 15.5. The molecule has 5 nitrogen and oxygen atoms in total. The molecule has 1 atom stereocenters. The number of rotatable bonds is 8. The molecular weight excluding hydrogens is 359 g/mol. The summed E-state index contributed by atoms with van der Waals surface area (Å²) in [7, 11) is 1.54. The molecule has 8 heteroatoms. The molecule has 27 heavy (non-hydrogen) atoms. The van der Waals surface area contributed by atoms with Crippen LogP contribution in [0.2, 0.25) is 0 Å². The molecular formula is C19H26F3N3O2. The van der Waals surface area contributed by atoms with Gasteiger partial charge in [-0.3, -0.25) is 14.5 Å². The zero-order chi connectivity index (χ0) is 20.2. The van der Waals surface area contributed by atoms with Crippen LogP contribution in [0.3, 0.4) is 0 Å². The van der Waals surface area contributed by atoms with E-state index in [1.54, 1.807) is 26.1 Å². The lowest BCUT2D eigenvalue weighted by Gasteiger charge is -2.31. The van der Waals surface area contributed by atoms with Gasteiger partial charge in [0.05, 0.1) is 13.1 Å². The molecule has 0 aromatic heterocycles. The first-order valence-electron chi connectivity index (χ1n) is 8.96. The number of likely N-dealkylation sites (N-methyl/N-ethyl adjacent to an activating group) is 1. The van der Waals surface area contributed by atoms with Gasteiger partial charge in [-0.25, -0.2) is 0 Å². The highest BCUT2D eigenvalue weighted by Crippen LogP contribution is 2.36. The summed E-state index contributed by atoms with van der Waals surface area (Å²) in [6.45, 7) is 2.00. The monoisotopic (exact) mass is 385 g/mol. The van der Waals surface area contributed by atoms with Crippen molar-refractivity contribution in [3.8, 4) is 0 Å². The van der Waals surface area contributed by atoms with Crippen LogP contribution in [0.5, 0.6) is 0 Å². The molecule has 0 unspecified atom stereocenters. The molecule has 1 N–H and O–H groups in total. The fourth-order valence-corrected chi connectivity index (χ4v) is 2.95. The number of anilines is 1. The van der Waals surface area contributed by atoms with Crippen LogP contribution in [0, 0.1) is 12.8 Å². The van der Waals surface area contributed by atoms with Gasteiger partial charge in [0, 0.05) is 11.7 Å². The quantitative estimate of drug-likeness (QED) is 0.748. The number of aryl methyl sites for hydroxylation is 1. The summed E-state index contributed by atoms with van der Waals surface area (Å²) in [5.41, 5.74) is 1.69. The Morgan fingerprint density at radius 2 is 1.78 bits per heavy atom. The topological polar surface area (TPSA) is 52.7 Å². The van der Waals surface area contributed by atoms with Crippen LogP contribution in [-0.4, -0.2) is 60.5 Å². The first-order chi connectivity index (χ1) is 12.5. The van der Waals surface area contributed by atoms with Crippen molar-refractivity contribution < 1.29 is 22.8 Å². The fraction of sp³-hybridized carbons (Fsp3) is 0.579. The van der Waals surface area contributed by atoms with Crippen LogP contribution in [0.4, 0.5) is 18.9 Å². The summed E-state index contributed by atoms with van der Waals surface area (Å²) in [6, 6.07) is 6.80. The third-order valence-electron chi connectivity index (χ3n) is 4.62. The van der Waals surface area contributed by atoms with Gasteiger partial charge in [-0.05, 0) is 51.8 Å². The molecule has 1 aliphatic rings. The third-order valence-corrected chi connectivity index (χ3v) is 4.62. The summed E-state index contributed by atoms with van der Waals surface area (Å²) in [6.07, 6.45) is -2.75. The number of hydrogen-bond acceptors (Lipinski definition) is 3. The van der Waals surface area contributed by atoms with Gasteiger partial charge in [0.25, 0.3) is 0 Å². The van der Waals surface area contributed by atoms with E-state index in [4.69, 9.17) is 0 Å². The summed E-state index contributed by atoms with van der Waals surface area (Å²) in [5.74, 6) is -0.810. The van der Waals surface area contributed by atoms with Gasteiger partial charge in [0.1, 0.15) is 6.54 Å². The maximum absolute atomic E-state index is 12.9. The van der Waals surface area contributed by atoms with Crippen molar-refractivity contribution in [2.45, 2.75) is 38.9 Å². The van der Waals surface area contributed by atoms with Gasteiger partial charge in [-0.2, -0.15) is 13.2 Å². The highest BCUT2D eigenvalue weighted by atomic mass is 19.4. The summed E-state index contributed by atoms with van der Waals surface area (Å²) in [4.78, 5) is 26.8. The first kappa shape index (κ1) is 21.2. The molecule has 1 aromatic rings. The van der Waals surface area contributed by atoms with E-state index in [1.807, 2.05) is 19.1 Å². The van der Waals surface area contributed by atoms with Crippen molar-refractivity contribution in [1.29, 1.82) is 0 Å². The van der Waals surface area contributed by atoms with E-state index in [2.05, 4.69) is 5.32 Å². The minimum absolute atomic E-state index is 0.0860. The predicted molar refractivity (Wildman–Crippen MR) is 97.3 cm³/mol. The molecule has 0 bridgehead atoms. The van der Waals surface area contributed by atoms with E-state index >= 15 is 0 Å². The van der Waals surface area contributed by atoms with Crippen LogP contribution < -0.4 is 5.32 Å². The Balaban J connectivity index is 1.89. The summed E-state index contributed by atoms with van der Waals surface area (Å²) in [5, 5.41) is 2.71. The molecule has 1 saturated carbocycles. The van der Waals surface area contributed by atoms with Gasteiger partial charge in [-0.15, -0.1) is 0 Å². The molecule has 0 radical (unpaired) electrons. The van der Waals surface area contributed by atoms with E-state index in [0.717, 1.165) is 23.3 Å². The van der Waals surface area contributed by atoms with Crippen molar-refractivity contribution >= 4 is 17.5 Å². The first-order valence-corrected chi connectivity index (χ1v) is 8.96. The van der Waals surface area contributed by atoms with Gasteiger partial charge < -0.3 is 10.2 Å². The van der Waals surface area contributed by atoms with Crippen LogP contribution in [0.1, 0.15) is 25.3 Å². The van der Waals surface area contributed by atoms with Crippen LogP contribution in [-0.2, 0) is 9.59 Å². The minimum atomic E-state index is -4.44. The van der Waals surface area contributed by atoms with E-state index in [0.29, 0.717) is 5.69 Å². The van der Waals surface area contributed by atoms with Gasteiger partial charge in [0.2, 0.25) is 11.8 Å². The molecule has 2 rings (SSSR count). The molecule has 0 heterocycles. The lowest BCUT2D eigenvalue weighted by Crippen LogP contribution is -2.49. The van der Waals surface area contributed by atoms with Crippen molar-refractivity contribution in [1.82, 2.24) is 9.80 Å². The smallest absolute Gasteiger partial charge is 0.329 e. The van der Waals surface area contributed by atoms with E-state index in [9.17, 15) is 22.8 Å². The lowest BCUT2D eigenvalue weighted by atomic mass is 10.1. The number of nitrogens with one attached hydrogen (secondary N) is 1. The minimum Gasteiger partial charge on any atom is -0.329 e. The van der Waals surface area contributed by atoms with Crippen molar-refractivity contribution in [3.05, 3.63) is 29.8 Å². The van der Waals surface area contributed by atoms with Crippen LogP contribution >= 0.6 is 0 Å². The zero-order valence-corrected chi connectivity index (χ0v) is 15.8. The number of carbonyl (C=O) groups excluding carboxylic acids is 2. The van der Waals surface area contributed by atoms with Crippen molar-refractivity contribution in [2.24, 2.45) is 5.92 Å². The van der Waals surface area contributed by atoms with E-state index in [-0.39, 0.29) is 24.9 Å². The fourth-order valence-electron chi connectivity index (χ4n) is 2.95. The van der Waals surface area contributed by atoms with Crippen LogP contribution in [0.25, 0.3) is 0 Å². The molecule has 1 fully saturated rings. The number of nitrogens with zero attached hydrogens (tertiary/aromatic N) is 2. The molecule has 1 aromatic carbocycles. The number of carbonyl (C=O) groups is 2. The standard InChI is InChI=1S/C19H26F3N3O2/c1-13-4-8-16(9-5-13)23-17(26)10-24(3)11-18(27)25(12-19(20,21)22)14(2)15-6-7-15/h4-5,8-9,14-15H,6-7,10-12H2,1-3H3,(H,23,26)/t14-/m0/s1. The Labute approximate surface area is 157 Å². The summed E-state index contributed by atoms with van der Waals surface area (Å²) < 4.78 is 38.6. The predicted octanol–water partition coefficient (Wildman–Crippen LogP) is 3.05. The van der Waals surface area contributed by atoms with E-state index < -0.39 is 24.7 Å². The highest BCUT2D eigenvalue weighted by molar-refractivity contribution is 5.92. The van der Waals surface area contributed by atoms with Gasteiger partial charge in [0.15, 0.2) is 0 Å². The second kappa shape index (κ2) is 8.73. The number of benzene rings is 1. The Morgan fingerprint density at radius 3 is 2.30 bits per heavy atom. The van der Waals surface area contributed by atoms with Crippen molar-refractivity contribution in [3.63, 3.8) is 0 Å². The average Bonchev–Trinajstić information content (AvgIpc) is 3.38. The Hall–Kier alpha value is -2.09. The molecule has 2 amide bonds. The maximum Gasteiger partial charge on any atom is 0.406 e. The summed E-state index contributed by atoms with van der Waals surface area (Å²) >= 11 is 0. The van der Waals surface area contributed by atoms with Gasteiger partial charge >= 0.3 is 6.18 Å². The van der Waals surface area contributed by atoms with Crippen molar-refractivity contribution in [2.75, 3.05) is 32.0 Å². The maximum atomic E-state index is 12.9. The Kier molecular flexibility index (Phi) is 6.86. The number of alkyl halides is 3. The van der Waals surface area contributed by atoms with Crippen LogP contribution in [0.15, 0.2) is 24.3 Å². The highest BCUT2D eigenvalue weighted by Gasteiger charge is 2.40. The average molecular weight is 385 g/mol. The number of hydrogen-bond donors (Lipinski definition) is 1. The Morgan fingerprint density at radius 1 is 1.19 bits per heavy atom. The van der Waals surface area contributed by atoms with E-state index in [1.165, 1.54) is 4.90 Å². The SMILES string of the molecule is Cc1ccc(NC(=O)CN(C)CC(=O)N(CC(F)(F)F)[C@@H](C)C2CC2)cc1. The molecule has 1 aliphatic carbocycles. The molecule has 0 spiro atoms. The number of halogens is 3. The second-order valence-electron chi connectivity index (χ2n) is 7.30. The molecule has 0 saturated heterocycles. The van der Waals surface area contributed by atoms with Gasteiger partial charge in [-0.1, -0.05) is 17.7 Å². The largest absolute Gasteiger partial charge is 0.406 e. The number of amides is 2. The molecule has 0 aliphatic heterocycles.